The molecule has 2 N–H and O–H groups in total. The Morgan fingerprint density at radius 3 is 2.42 bits per heavy atom. The lowest BCUT2D eigenvalue weighted by Crippen LogP contribution is -2.40. The molecule has 2 saturated heterocycles. The Bertz CT molecular complexity index is 638. The molecule has 3 rings (SSSR count). The summed E-state index contributed by atoms with van der Waals surface area (Å²) in [6.45, 7) is 3.62. The number of carbonyl (C=O) groups excluding carboxylic acids is 2. The molecule has 0 atom stereocenters. The maximum atomic E-state index is 14.6. The minimum Gasteiger partial charge on any atom is -0.396 e. The molecule has 1 aromatic carbocycles. The molecular formula is C18H23FN2O3. The van der Waals surface area contributed by atoms with E-state index >= 15 is 0 Å². The van der Waals surface area contributed by atoms with Crippen LogP contribution in [0, 0.1) is 11.2 Å². The Kier molecular flexibility index (Phi) is 4.58. The molecule has 2 amide bonds. The summed E-state index contributed by atoms with van der Waals surface area (Å²) in [5.41, 5.74) is 1.16. The van der Waals surface area contributed by atoms with Crippen molar-refractivity contribution in [3.8, 4) is 0 Å². The summed E-state index contributed by atoms with van der Waals surface area (Å²) in [5.74, 6) is -1.19. The molecule has 2 aliphatic heterocycles. The van der Waals surface area contributed by atoms with E-state index < -0.39 is 0 Å². The lowest BCUT2D eigenvalue weighted by Gasteiger charge is -2.39. The number of imide groups is 1. The van der Waals surface area contributed by atoms with Gasteiger partial charge in [-0.2, -0.15) is 0 Å². The molecule has 130 valence electrons. The monoisotopic (exact) mass is 334 g/mol. The first-order valence-corrected chi connectivity index (χ1v) is 8.38. The Morgan fingerprint density at radius 2 is 1.88 bits per heavy atom. The van der Waals surface area contributed by atoms with Crippen LogP contribution in [0.1, 0.15) is 44.1 Å². The number of hydrogen-bond acceptors (Lipinski definition) is 4. The zero-order chi connectivity index (χ0) is 17.3. The second kappa shape index (κ2) is 6.51. The standard InChI is InChI=1S/C18H23FN2O3/c1-18(11-22)4-6-21(7-5-18)15-3-2-12(8-14(15)19)13-9-16(23)20-17(24)10-13/h2-3,8,13,22H,4-7,9-11H2,1H3,(H,20,23,24). The number of rotatable bonds is 3. The Balaban J connectivity index is 1.74. The molecule has 1 aromatic rings. The number of amides is 2. The first-order chi connectivity index (χ1) is 11.4. The van der Waals surface area contributed by atoms with Gasteiger partial charge in [-0.15, -0.1) is 0 Å². The summed E-state index contributed by atoms with van der Waals surface area (Å²) in [6.07, 6.45) is 2.07. The molecule has 0 saturated carbocycles. The fraction of sp³-hybridized carbons (Fsp3) is 0.556. The number of nitrogens with zero attached hydrogens (tertiary/aromatic N) is 1. The lowest BCUT2D eigenvalue weighted by atomic mass is 9.81. The molecule has 5 nitrogen and oxygen atoms in total. The average Bonchev–Trinajstić information content (AvgIpc) is 2.55. The van der Waals surface area contributed by atoms with Gasteiger partial charge in [0.25, 0.3) is 0 Å². The number of hydrogen-bond donors (Lipinski definition) is 2. The summed E-state index contributed by atoms with van der Waals surface area (Å²) in [7, 11) is 0. The van der Waals surface area contributed by atoms with Gasteiger partial charge in [0.15, 0.2) is 0 Å². The summed E-state index contributed by atoms with van der Waals surface area (Å²) in [4.78, 5) is 25.0. The van der Waals surface area contributed by atoms with E-state index in [0.717, 1.165) is 12.8 Å². The highest BCUT2D eigenvalue weighted by Gasteiger charge is 2.31. The summed E-state index contributed by atoms with van der Waals surface area (Å²) < 4.78 is 14.6. The summed E-state index contributed by atoms with van der Waals surface area (Å²) in [6, 6.07) is 5.00. The molecule has 2 aliphatic rings. The maximum absolute atomic E-state index is 14.6. The molecule has 0 bridgehead atoms. The number of piperidine rings is 2. The normalized spacial score (nSPS) is 21.7. The molecule has 2 heterocycles. The number of aliphatic hydroxyl groups excluding tert-OH is 1. The van der Waals surface area contributed by atoms with Gasteiger partial charge in [-0.1, -0.05) is 13.0 Å². The predicted octanol–water partition coefficient (Wildman–Crippen LogP) is 1.94. The van der Waals surface area contributed by atoms with Gasteiger partial charge in [-0.25, -0.2) is 4.39 Å². The van der Waals surface area contributed by atoms with Crippen LogP contribution in [0.15, 0.2) is 18.2 Å². The van der Waals surface area contributed by atoms with Gasteiger partial charge in [0, 0.05) is 38.5 Å². The SMILES string of the molecule is CC1(CO)CCN(c2ccc(C3CC(=O)NC(=O)C3)cc2F)CC1. The zero-order valence-corrected chi connectivity index (χ0v) is 13.8. The van der Waals surface area contributed by atoms with E-state index in [0.29, 0.717) is 24.3 Å². The van der Waals surface area contributed by atoms with E-state index in [1.54, 1.807) is 6.07 Å². The molecule has 0 unspecified atom stereocenters. The maximum Gasteiger partial charge on any atom is 0.227 e. The van der Waals surface area contributed by atoms with Crippen LogP contribution in [0.5, 0.6) is 0 Å². The van der Waals surface area contributed by atoms with Crippen LogP contribution in [-0.2, 0) is 9.59 Å². The lowest BCUT2D eigenvalue weighted by molar-refractivity contribution is -0.133. The van der Waals surface area contributed by atoms with Crippen LogP contribution < -0.4 is 10.2 Å². The topological polar surface area (TPSA) is 69.6 Å². The van der Waals surface area contributed by atoms with Crippen molar-refractivity contribution in [1.82, 2.24) is 5.32 Å². The zero-order valence-electron chi connectivity index (χ0n) is 13.8. The van der Waals surface area contributed by atoms with Crippen molar-refractivity contribution in [3.63, 3.8) is 0 Å². The predicted molar refractivity (Wildman–Crippen MR) is 88.2 cm³/mol. The summed E-state index contributed by atoms with van der Waals surface area (Å²) >= 11 is 0. The second-order valence-corrected chi connectivity index (χ2v) is 7.24. The van der Waals surface area contributed by atoms with Crippen LogP contribution >= 0.6 is 0 Å². The van der Waals surface area contributed by atoms with Crippen molar-refractivity contribution in [3.05, 3.63) is 29.6 Å². The fourth-order valence-corrected chi connectivity index (χ4v) is 3.49. The molecule has 2 fully saturated rings. The number of halogens is 1. The van der Waals surface area contributed by atoms with Crippen LogP contribution in [0.25, 0.3) is 0 Å². The smallest absolute Gasteiger partial charge is 0.227 e. The van der Waals surface area contributed by atoms with Crippen molar-refractivity contribution < 1.29 is 19.1 Å². The highest BCUT2D eigenvalue weighted by atomic mass is 19.1. The Labute approximate surface area is 140 Å². The van der Waals surface area contributed by atoms with Gasteiger partial charge in [0.05, 0.1) is 5.69 Å². The van der Waals surface area contributed by atoms with Gasteiger partial charge in [-0.3, -0.25) is 14.9 Å². The number of carbonyl (C=O) groups is 2. The minimum absolute atomic E-state index is 0.0806. The number of anilines is 1. The molecule has 0 aliphatic carbocycles. The minimum atomic E-state index is -0.321. The van der Waals surface area contributed by atoms with Gasteiger partial charge >= 0.3 is 0 Å². The van der Waals surface area contributed by atoms with Crippen molar-refractivity contribution in [1.29, 1.82) is 0 Å². The van der Waals surface area contributed by atoms with Crippen molar-refractivity contribution in [2.24, 2.45) is 5.41 Å². The summed E-state index contributed by atoms with van der Waals surface area (Å²) in [5, 5.41) is 11.7. The highest BCUT2D eigenvalue weighted by Crippen LogP contribution is 2.35. The van der Waals surface area contributed by atoms with Crippen LogP contribution in [-0.4, -0.2) is 36.6 Å². The average molecular weight is 334 g/mol. The van der Waals surface area contributed by atoms with Gasteiger partial charge < -0.3 is 10.0 Å². The van der Waals surface area contributed by atoms with Crippen LogP contribution in [0.3, 0.4) is 0 Å². The quantitative estimate of drug-likeness (QED) is 0.829. The van der Waals surface area contributed by atoms with E-state index in [4.69, 9.17) is 0 Å². The van der Waals surface area contributed by atoms with Crippen molar-refractivity contribution in [2.75, 3.05) is 24.6 Å². The van der Waals surface area contributed by atoms with Gasteiger partial charge in [0.2, 0.25) is 11.8 Å². The van der Waals surface area contributed by atoms with Gasteiger partial charge in [0.1, 0.15) is 5.82 Å². The number of benzene rings is 1. The van der Waals surface area contributed by atoms with Gasteiger partial charge in [-0.05, 0) is 36.0 Å². The van der Waals surface area contributed by atoms with E-state index in [1.807, 2.05) is 11.0 Å². The first-order valence-electron chi connectivity index (χ1n) is 8.38. The molecule has 24 heavy (non-hydrogen) atoms. The number of nitrogens with one attached hydrogen (secondary N) is 1. The highest BCUT2D eigenvalue weighted by molar-refractivity contribution is 5.98. The molecule has 0 aromatic heterocycles. The Hall–Kier alpha value is -1.95. The first kappa shape index (κ1) is 16.9. The third-order valence-electron chi connectivity index (χ3n) is 5.28. The fourth-order valence-electron chi connectivity index (χ4n) is 3.49. The Morgan fingerprint density at radius 1 is 1.25 bits per heavy atom. The number of aliphatic hydroxyl groups is 1. The third kappa shape index (κ3) is 3.43. The van der Waals surface area contributed by atoms with E-state index in [9.17, 15) is 19.1 Å². The molecular weight excluding hydrogens is 311 g/mol. The van der Waals surface area contributed by atoms with Crippen LogP contribution in [0.2, 0.25) is 0 Å². The molecule has 6 heteroatoms. The van der Waals surface area contributed by atoms with E-state index in [2.05, 4.69) is 12.2 Å². The largest absolute Gasteiger partial charge is 0.396 e. The molecule has 0 spiro atoms. The van der Waals surface area contributed by atoms with E-state index in [1.165, 1.54) is 6.07 Å². The van der Waals surface area contributed by atoms with Crippen molar-refractivity contribution >= 4 is 17.5 Å². The van der Waals surface area contributed by atoms with E-state index in [-0.39, 0.29) is 48.4 Å². The van der Waals surface area contributed by atoms with Crippen LogP contribution in [0.4, 0.5) is 10.1 Å². The van der Waals surface area contributed by atoms with Crippen molar-refractivity contribution in [2.45, 2.75) is 38.5 Å². The molecule has 0 radical (unpaired) electrons. The third-order valence-corrected chi connectivity index (χ3v) is 5.28. The second-order valence-electron chi connectivity index (χ2n) is 7.24.